The molecule has 14 heavy (non-hydrogen) atoms. The van der Waals surface area contributed by atoms with E-state index in [2.05, 4.69) is 0 Å². The molecule has 2 aromatic rings. The number of fused-ring (bicyclic) bond motifs is 1. The maximum absolute atomic E-state index is 13.5. The summed E-state index contributed by atoms with van der Waals surface area (Å²) in [6.07, 6.45) is 0. The lowest BCUT2D eigenvalue weighted by Gasteiger charge is -1.96. The standard InChI is InChI=1S/C10H6FNOS/c11-9-7-3-1-2-6(5-13)10(7)14-8(9)4-12/h1-3,13H,5H2. The number of nitriles is 1. The summed E-state index contributed by atoms with van der Waals surface area (Å²) in [5.74, 6) is -0.484. The van der Waals surface area contributed by atoms with Gasteiger partial charge in [0.2, 0.25) is 0 Å². The number of thiophene rings is 1. The molecule has 1 heterocycles. The zero-order chi connectivity index (χ0) is 10.1. The number of hydrogen-bond donors (Lipinski definition) is 1. The Morgan fingerprint density at radius 1 is 1.50 bits per heavy atom. The number of aliphatic hydroxyl groups is 1. The van der Waals surface area contributed by atoms with Gasteiger partial charge in [-0.3, -0.25) is 0 Å². The van der Waals surface area contributed by atoms with E-state index in [4.69, 9.17) is 10.4 Å². The van der Waals surface area contributed by atoms with Gasteiger partial charge in [0.05, 0.1) is 6.61 Å². The normalized spacial score (nSPS) is 10.4. The van der Waals surface area contributed by atoms with Gasteiger partial charge in [-0.15, -0.1) is 11.3 Å². The molecule has 70 valence electrons. The van der Waals surface area contributed by atoms with Crippen LogP contribution >= 0.6 is 11.3 Å². The maximum Gasteiger partial charge on any atom is 0.159 e. The van der Waals surface area contributed by atoms with Crippen molar-refractivity contribution >= 4 is 21.4 Å². The molecular formula is C10H6FNOS. The fourth-order valence-electron chi connectivity index (χ4n) is 1.34. The third-order valence-corrected chi connectivity index (χ3v) is 3.17. The number of nitrogens with zero attached hydrogens (tertiary/aromatic N) is 1. The summed E-state index contributed by atoms with van der Waals surface area (Å²) in [4.78, 5) is 0.0703. The minimum absolute atomic E-state index is 0.0703. The second kappa shape index (κ2) is 3.37. The van der Waals surface area contributed by atoms with Gasteiger partial charge >= 0.3 is 0 Å². The molecule has 0 aliphatic heterocycles. The molecule has 0 amide bonds. The van der Waals surface area contributed by atoms with E-state index in [1.807, 2.05) is 0 Å². The summed E-state index contributed by atoms with van der Waals surface area (Å²) in [6, 6.07) is 6.80. The minimum atomic E-state index is -0.484. The molecule has 0 atom stereocenters. The van der Waals surface area contributed by atoms with E-state index >= 15 is 0 Å². The molecule has 0 bridgehead atoms. The zero-order valence-electron chi connectivity index (χ0n) is 7.12. The van der Waals surface area contributed by atoms with E-state index in [-0.39, 0.29) is 11.5 Å². The number of benzene rings is 1. The molecule has 2 rings (SSSR count). The topological polar surface area (TPSA) is 44.0 Å². The molecule has 0 saturated heterocycles. The molecule has 1 N–H and O–H groups in total. The van der Waals surface area contributed by atoms with Crippen LogP contribution in [0.2, 0.25) is 0 Å². The van der Waals surface area contributed by atoms with Crippen LogP contribution in [0, 0.1) is 17.1 Å². The molecule has 4 heteroatoms. The third kappa shape index (κ3) is 1.18. The van der Waals surface area contributed by atoms with E-state index < -0.39 is 5.82 Å². The van der Waals surface area contributed by atoms with Crippen LogP contribution in [-0.4, -0.2) is 5.11 Å². The van der Waals surface area contributed by atoms with Crippen molar-refractivity contribution in [2.45, 2.75) is 6.61 Å². The predicted molar refractivity (Wildman–Crippen MR) is 52.4 cm³/mol. The predicted octanol–water partition coefficient (Wildman–Crippen LogP) is 2.40. The van der Waals surface area contributed by atoms with Gasteiger partial charge in [-0.05, 0) is 5.56 Å². The van der Waals surface area contributed by atoms with Crippen LogP contribution in [-0.2, 0) is 6.61 Å². The number of hydrogen-bond acceptors (Lipinski definition) is 3. The van der Waals surface area contributed by atoms with Crippen molar-refractivity contribution in [1.82, 2.24) is 0 Å². The average molecular weight is 207 g/mol. The number of rotatable bonds is 1. The van der Waals surface area contributed by atoms with Crippen LogP contribution < -0.4 is 0 Å². The van der Waals surface area contributed by atoms with Crippen LogP contribution in [0.4, 0.5) is 4.39 Å². The van der Waals surface area contributed by atoms with Crippen LogP contribution in [0.1, 0.15) is 10.4 Å². The highest BCUT2D eigenvalue weighted by atomic mass is 32.1. The largest absolute Gasteiger partial charge is 0.392 e. The summed E-state index contributed by atoms with van der Waals surface area (Å²) < 4.78 is 14.1. The SMILES string of the molecule is N#Cc1sc2c(CO)cccc2c1F. The van der Waals surface area contributed by atoms with Crippen molar-refractivity contribution in [3.63, 3.8) is 0 Å². The summed E-state index contributed by atoms with van der Waals surface area (Å²) in [5.41, 5.74) is 0.660. The Kier molecular flexibility index (Phi) is 2.20. The molecule has 0 saturated carbocycles. The van der Waals surface area contributed by atoms with Crippen LogP contribution in [0.3, 0.4) is 0 Å². The van der Waals surface area contributed by atoms with Gasteiger partial charge in [-0.1, -0.05) is 18.2 Å². The van der Waals surface area contributed by atoms with Crippen molar-refractivity contribution in [3.8, 4) is 6.07 Å². The van der Waals surface area contributed by atoms with Crippen LogP contribution in [0.5, 0.6) is 0 Å². The Balaban J connectivity index is 2.85. The summed E-state index contributed by atoms with van der Waals surface area (Å²) >= 11 is 1.08. The lowest BCUT2D eigenvalue weighted by molar-refractivity contribution is 0.283. The highest BCUT2D eigenvalue weighted by Gasteiger charge is 2.13. The van der Waals surface area contributed by atoms with E-state index in [0.29, 0.717) is 15.6 Å². The Morgan fingerprint density at radius 3 is 2.93 bits per heavy atom. The Hall–Kier alpha value is -1.44. The molecule has 0 unspecified atom stereocenters. The van der Waals surface area contributed by atoms with E-state index in [1.165, 1.54) is 0 Å². The van der Waals surface area contributed by atoms with Gasteiger partial charge in [0.15, 0.2) is 5.82 Å². The minimum Gasteiger partial charge on any atom is -0.392 e. The van der Waals surface area contributed by atoms with Gasteiger partial charge in [-0.25, -0.2) is 4.39 Å². The number of aliphatic hydroxyl groups excluding tert-OH is 1. The van der Waals surface area contributed by atoms with Crippen LogP contribution in [0.25, 0.3) is 10.1 Å². The summed E-state index contributed by atoms with van der Waals surface area (Å²) in [5, 5.41) is 18.1. The smallest absolute Gasteiger partial charge is 0.159 e. The molecule has 0 radical (unpaired) electrons. The Labute approximate surface area is 83.8 Å². The highest BCUT2D eigenvalue weighted by molar-refractivity contribution is 7.19. The Bertz CT molecular complexity index is 527. The fraction of sp³-hybridized carbons (Fsp3) is 0.100. The molecule has 0 spiro atoms. The van der Waals surface area contributed by atoms with E-state index in [1.54, 1.807) is 24.3 Å². The van der Waals surface area contributed by atoms with Crippen molar-refractivity contribution in [2.24, 2.45) is 0 Å². The molecule has 0 aliphatic carbocycles. The molecule has 0 fully saturated rings. The van der Waals surface area contributed by atoms with Gasteiger partial charge in [-0.2, -0.15) is 5.26 Å². The quantitative estimate of drug-likeness (QED) is 0.780. The third-order valence-electron chi connectivity index (χ3n) is 2.01. The van der Waals surface area contributed by atoms with Gasteiger partial charge in [0.1, 0.15) is 10.9 Å². The molecule has 0 aliphatic rings. The zero-order valence-corrected chi connectivity index (χ0v) is 7.94. The first-order chi connectivity index (χ1) is 6.77. The van der Waals surface area contributed by atoms with E-state index in [0.717, 1.165) is 11.3 Å². The first-order valence-corrected chi connectivity index (χ1v) is 4.80. The van der Waals surface area contributed by atoms with Crippen molar-refractivity contribution in [2.75, 3.05) is 0 Å². The van der Waals surface area contributed by atoms with Crippen molar-refractivity contribution in [3.05, 3.63) is 34.5 Å². The average Bonchev–Trinajstić information content (AvgIpc) is 2.55. The highest BCUT2D eigenvalue weighted by Crippen LogP contribution is 2.31. The van der Waals surface area contributed by atoms with Crippen LogP contribution in [0.15, 0.2) is 18.2 Å². The Morgan fingerprint density at radius 2 is 2.29 bits per heavy atom. The summed E-state index contributed by atoms with van der Waals surface area (Å²) in [6.45, 7) is -0.137. The van der Waals surface area contributed by atoms with Crippen molar-refractivity contribution < 1.29 is 9.50 Å². The molecule has 2 nitrogen and oxygen atoms in total. The first kappa shape index (κ1) is 9.13. The lowest BCUT2D eigenvalue weighted by Crippen LogP contribution is -1.81. The van der Waals surface area contributed by atoms with Gasteiger partial charge in [0, 0.05) is 10.1 Å². The summed E-state index contributed by atoms with van der Waals surface area (Å²) in [7, 11) is 0. The fourth-order valence-corrected chi connectivity index (χ4v) is 2.32. The maximum atomic E-state index is 13.5. The second-order valence-electron chi connectivity index (χ2n) is 2.81. The molecule has 1 aromatic carbocycles. The second-order valence-corrected chi connectivity index (χ2v) is 3.83. The van der Waals surface area contributed by atoms with Gasteiger partial charge in [0.25, 0.3) is 0 Å². The van der Waals surface area contributed by atoms with E-state index in [9.17, 15) is 4.39 Å². The molecule has 1 aromatic heterocycles. The van der Waals surface area contributed by atoms with Crippen molar-refractivity contribution in [1.29, 1.82) is 5.26 Å². The number of halogens is 1. The monoisotopic (exact) mass is 207 g/mol. The molecular weight excluding hydrogens is 201 g/mol. The first-order valence-electron chi connectivity index (χ1n) is 3.98. The lowest BCUT2D eigenvalue weighted by atomic mass is 10.1. The van der Waals surface area contributed by atoms with Gasteiger partial charge < -0.3 is 5.11 Å².